The molecule has 96 valence electrons. The summed E-state index contributed by atoms with van der Waals surface area (Å²) in [6.45, 7) is 1.73. The lowest BCUT2D eigenvalue weighted by Crippen LogP contribution is -2.00. The van der Waals surface area contributed by atoms with Gasteiger partial charge in [0.2, 0.25) is 5.95 Å². The summed E-state index contributed by atoms with van der Waals surface area (Å²) in [7, 11) is 0. The second-order valence-electron chi connectivity index (χ2n) is 4.38. The molecule has 5 heteroatoms. The van der Waals surface area contributed by atoms with Crippen LogP contribution in [-0.2, 0) is 0 Å². The van der Waals surface area contributed by atoms with E-state index < -0.39 is 0 Å². The molecule has 2 N–H and O–H groups in total. The molecule has 0 fully saturated rings. The minimum Gasteiger partial charge on any atom is -0.369 e. The van der Waals surface area contributed by atoms with E-state index >= 15 is 0 Å². The Labute approximate surface area is 118 Å². The summed E-state index contributed by atoms with van der Waals surface area (Å²) in [6.07, 6.45) is 0. The van der Waals surface area contributed by atoms with Gasteiger partial charge in [0.05, 0.1) is 16.7 Å². The van der Waals surface area contributed by atoms with Crippen LogP contribution >= 0.6 is 15.9 Å². The van der Waals surface area contributed by atoms with Crippen molar-refractivity contribution < 1.29 is 4.39 Å². The molecule has 19 heavy (non-hydrogen) atoms. The van der Waals surface area contributed by atoms with Crippen LogP contribution in [0.5, 0.6) is 0 Å². The zero-order valence-corrected chi connectivity index (χ0v) is 11.8. The predicted octanol–water partition coefficient (Wildman–Crippen LogP) is 3.82. The van der Waals surface area contributed by atoms with Crippen LogP contribution in [0.4, 0.5) is 10.3 Å². The quantitative estimate of drug-likeness (QED) is 0.741. The smallest absolute Gasteiger partial charge is 0.205 e. The van der Waals surface area contributed by atoms with Crippen molar-refractivity contribution in [3.05, 3.63) is 52.3 Å². The van der Waals surface area contributed by atoms with Gasteiger partial charge in [-0.2, -0.15) is 0 Å². The number of nitrogens with zero attached hydrogens (tertiary/aromatic N) is 2. The molecule has 3 rings (SSSR count). The Morgan fingerprint density at radius 1 is 1.26 bits per heavy atom. The number of imidazole rings is 1. The standard InChI is InChI=1S/C14H11BrFN3/c1-8-5-13-12(7-11(8)16)18-14(17)19(13)10-4-2-3-9(15)6-10/h2-7H,1H3,(H2,17,18). The van der Waals surface area contributed by atoms with E-state index in [-0.39, 0.29) is 5.82 Å². The SMILES string of the molecule is Cc1cc2c(cc1F)nc(N)n2-c1cccc(Br)c1. The molecule has 0 spiro atoms. The molecule has 0 aliphatic rings. The number of hydrogen-bond donors (Lipinski definition) is 1. The Morgan fingerprint density at radius 2 is 2.05 bits per heavy atom. The predicted molar refractivity (Wildman–Crippen MR) is 77.9 cm³/mol. The molecule has 1 heterocycles. The van der Waals surface area contributed by atoms with Gasteiger partial charge in [0, 0.05) is 10.5 Å². The van der Waals surface area contributed by atoms with Crippen molar-refractivity contribution in [3.63, 3.8) is 0 Å². The summed E-state index contributed by atoms with van der Waals surface area (Å²) >= 11 is 3.43. The van der Waals surface area contributed by atoms with Gasteiger partial charge in [0.1, 0.15) is 5.82 Å². The lowest BCUT2D eigenvalue weighted by molar-refractivity contribution is 0.620. The highest BCUT2D eigenvalue weighted by atomic mass is 79.9. The Hall–Kier alpha value is -1.88. The van der Waals surface area contributed by atoms with Crippen LogP contribution in [0, 0.1) is 12.7 Å². The average Bonchev–Trinajstić information content (AvgIpc) is 2.65. The first-order chi connectivity index (χ1) is 9.06. The highest BCUT2D eigenvalue weighted by Crippen LogP contribution is 2.26. The summed E-state index contributed by atoms with van der Waals surface area (Å²) in [5, 5.41) is 0. The van der Waals surface area contributed by atoms with Crippen LogP contribution in [0.1, 0.15) is 5.56 Å². The maximum atomic E-state index is 13.6. The Bertz CT molecular complexity index is 780. The number of aryl methyl sites for hydroxylation is 1. The molecule has 0 saturated carbocycles. The topological polar surface area (TPSA) is 43.8 Å². The number of rotatable bonds is 1. The maximum Gasteiger partial charge on any atom is 0.205 e. The van der Waals surface area contributed by atoms with E-state index in [0.29, 0.717) is 17.0 Å². The van der Waals surface area contributed by atoms with Crippen molar-refractivity contribution in [2.75, 3.05) is 5.73 Å². The first-order valence-corrected chi connectivity index (χ1v) is 6.55. The first kappa shape index (κ1) is 12.2. The van der Waals surface area contributed by atoms with Gasteiger partial charge in [-0.15, -0.1) is 0 Å². The van der Waals surface area contributed by atoms with Gasteiger partial charge in [-0.25, -0.2) is 9.37 Å². The Balaban J connectivity index is 2.34. The number of aromatic nitrogens is 2. The molecular weight excluding hydrogens is 309 g/mol. The summed E-state index contributed by atoms with van der Waals surface area (Å²) in [5.74, 6) is 0.0736. The van der Waals surface area contributed by atoms with Gasteiger partial charge in [0.25, 0.3) is 0 Å². The second kappa shape index (κ2) is 4.35. The van der Waals surface area contributed by atoms with Crippen LogP contribution in [0.15, 0.2) is 40.9 Å². The number of anilines is 1. The summed E-state index contributed by atoms with van der Waals surface area (Å²) in [4.78, 5) is 4.21. The molecule has 0 atom stereocenters. The maximum absolute atomic E-state index is 13.6. The van der Waals surface area contributed by atoms with Crippen molar-refractivity contribution >= 4 is 32.9 Å². The zero-order valence-electron chi connectivity index (χ0n) is 10.2. The van der Waals surface area contributed by atoms with Crippen LogP contribution in [-0.4, -0.2) is 9.55 Å². The molecule has 0 aliphatic heterocycles. The molecule has 3 nitrogen and oxygen atoms in total. The number of nitrogens with two attached hydrogens (primary N) is 1. The number of hydrogen-bond acceptors (Lipinski definition) is 2. The summed E-state index contributed by atoms with van der Waals surface area (Å²) in [6, 6.07) is 10.9. The van der Waals surface area contributed by atoms with E-state index in [1.54, 1.807) is 13.0 Å². The van der Waals surface area contributed by atoms with E-state index in [4.69, 9.17) is 5.73 Å². The molecule has 0 amide bonds. The third-order valence-corrected chi connectivity index (χ3v) is 3.52. The highest BCUT2D eigenvalue weighted by molar-refractivity contribution is 9.10. The monoisotopic (exact) mass is 319 g/mol. The van der Waals surface area contributed by atoms with Crippen molar-refractivity contribution in [2.45, 2.75) is 6.92 Å². The van der Waals surface area contributed by atoms with Gasteiger partial charge >= 0.3 is 0 Å². The van der Waals surface area contributed by atoms with Gasteiger partial charge in [-0.1, -0.05) is 22.0 Å². The van der Waals surface area contributed by atoms with E-state index in [2.05, 4.69) is 20.9 Å². The fourth-order valence-corrected chi connectivity index (χ4v) is 2.49. The third-order valence-electron chi connectivity index (χ3n) is 3.03. The van der Waals surface area contributed by atoms with E-state index in [0.717, 1.165) is 15.7 Å². The Morgan fingerprint density at radius 3 is 2.79 bits per heavy atom. The van der Waals surface area contributed by atoms with E-state index in [1.807, 2.05) is 28.8 Å². The zero-order chi connectivity index (χ0) is 13.6. The molecule has 2 aromatic carbocycles. The van der Waals surface area contributed by atoms with Crippen LogP contribution in [0.25, 0.3) is 16.7 Å². The first-order valence-electron chi connectivity index (χ1n) is 5.76. The van der Waals surface area contributed by atoms with Crippen molar-refractivity contribution in [2.24, 2.45) is 0 Å². The fraction of sp³-hybridized carbons (Fsp3) is 0.0714. The number of fused-ring (bicyclic) bond motifs is 1. The number of halogens is 2. The van der Waals surface area contributed by atoms with Gasteiger partial charge < -0.3 is 5.73 Å². The molecule has 0 bridgehead atoms. The molecule has 0 aliphatic carbocycles. The number of nitrogen functional groups attached to an aromatic ring is 1. The molecule has 3 aromatic rings. The lowest BCUT2D eigenvalue weighted by Gasteiger charge is -2.07. The molecular formula is C14H11BrFN3. The van der Waals surface area contributed by atoms with Gasteiger partial charge in [-0.05, 0) is 36.8 Å². The van der Waals surface area contributed by atoms with Crippen molar-refractivity contribution in [3.8, 4) is 5.69 Å². The number of benzene rings is 2. The molecule has 1 aromatic heterocycles. The van der Waals surface area contributed by atoms with Crippen LogP contribution in [0.2, 0.25) is 0 Å². The minimum absolute atomic E-state index is 0.272. The van der Waals surface area contributed by atoms with Crippen LogP contribution < -0.4 is 5.73 Å². The summed E-state index contributed by atoms with van der Waals surface area (Å²) < 4.78 is 16.3. The van der Waals surface area contributed by atoms with E-state index in [1.165, 1.54) is 6.07 Å². The molecule has 0 saturated heterocycles. The molecule has 0 radical (unpaired) electrons. The van der Waals surface area contributed by atoms with Gasteiger partial charge in [-0.3, -0.25) is 4.57 Å². The normalized spacial score (nSPS) is 11.1. The van der Waals surface area contributed by atoms with Crippen molar-refractivity contribution in [1.82, 2.24) is 9.55 Å². The minimum atomic E-state index is -0.272. The largest absolute Gasteiger partial charge is 0.369 e. The van der Waals surface area contributed by atoms with Crippen molar-refractivity contribution in [1.29, 1.82) is 0 Å². The fourth-order valence-electron chi connectivity index (χ4n) is 2.11. The second-order valence-corrected chi connectivity index (χ2v) is 5.29. The van der Waals surface area contributed by atoms with E-state index in [9.17, 15) is 4.39 Å². The Kier molecular flexibility index (Phi) is 2.78. The molecule has 0 unspecified atom stereocenters. The van der Waals surface area contributed by atoms with Gasteiger partial charge in [0.15, 0.2) is 0 Å². The summed E-state index contributed by atoms with van der Waals surface area (Å²) in [5.41, 5.74) is 8.77. The average molecular weight is 320 g/mol. The lowest BCUT2D eigenvalue weighted by atomic mass is 10.2. The highest BCUT2D eigenvalue weighted by Gasteiger charge is 2.12. The van der Waals surface area contributed by atoms with Crippen LogP contribution in [0.3, 0.4) is 0 Å². The third kappa shape index (κ3) is 2.00.